The molecule has 32 heavy (non-hydrogen) atoms. The molecule has 4 rings (SSSR count). The van der Waals surface area contributed by atoms with Crippen molar-refractivity contribution in [2.45, 2.75) is 47.0 Å². The van der Waals surface area contributed by atoms with Crippen molar-refractivity contribution in [2.75, 3.05) is 0 Å². The summed E-state index contributed by atoms with van der Waals surface area (Å²) in [7, 11) is 0. The van der Waals surface area contributed by atoms with Crippen molar-refractivity contribution in [2.24, 2.45) is 0 Å². The molecule has 0 aliphatic heterocycles. The maximum atomic E-state index is 14.2. The highest BCUT2D eigenvalue weighted by atomic mass is 19.1. The van der Waals surface area contributed by atoms with E-state index in [9.17, 15) is 4.39 Å². The molecule has 4 aromatic carbocycles. The van der Waals surface area contributed by atoms with Gasteiger partial charge >= 0.3 is 0 Å². The Morgan fingerprint density at radius 1 is 0.562 bits per heavy atom. The highest BCUT2D eigenvalue weighted by Crippen LogP contribution is 2.28. The van der Waals surface area contributed by atoms with Crippen molar-refractivity contribution in [1.82, 2.24) is 0 Å². The zero-order valence-corrected chi connectivity index (χ0v) is 19.5. The van der Waals surface area contributed by atoms with E-state index in [4.69, 9.17) is 0 Å². The summed E-state index contributed by atoms with van der Waals surface area (Å²) in [5, 5.41) is 0. The monoisotopic (exact) mass is 422 g/mol. The van der Waals surface area contributed by atoms with Crippen molar-refractivity contribution >= 4 is 0 Å². The Morgan fingerprint density at radius 2 is 1.16 bits per heavy atom. The Bertz CT molecular complexity index is 1190. The minimum Gasteiger partial charge on any atom is -0.207 e. The molecule has 0 atom stereocenters. The van der Waals surface area contributed by atoms with Gasteiger partial charge in [0.15, 0.2) is 0 Å². The minimum absolute atomic E-state index is 0.128. The predicted octanol–water partition coefficient (Wildman–Crippen LogP) is 8.57. The van der Waals surface area contributed by atoms with Gasteiger partial charge in [-0.05, 0) is 103 Å². The summed E-state index contributed by atoms with van der Waals surface area (Å²) >= 11 is 0. The molecule has 0 amide bonds. The standard InChI is InChI=1S/C31H31F/c1-21-8-13-27(14-9-21)28-15-10-25(11-16-28)6-5-7-26-12-17-30(23(3)18-26)29-19-22(2)24(4)31(32)20-29/h8-20H,5-7H2,1-4H3. The third kappa shape index (κ3) is 4.99. The molecular formula is C31H31F. The summed E-state index contributed by atoms with van der Waals surface area (Å²) in [5.74, 6) is -0.128. The van der Waals surface area contributed by atoms with Gasteiger partial charge in [0.2, 0.25) is 0 Å². The topological polar surface area (TPSA) is 0 Å². The molecule has 0 spiro atoms. The third-order valence-corrected chi connectivity index (χ3v) is 6.48. The zero-order chi connectivity index (χ0) is 22.7. The van der Waals surface area contributed by atoms with E-state index in [-0.39, 0.29) is 5.82 Å². The predicted molar refractivity (Wildman–Crippen MR) is 135 cm³/mol. The van der Waals surface area contributed by atoms with E-state index in [1.54, 1.807) is 6.07 Å². The smallest absolute Gasteiger partial charge is 0.126 e. The van der Waals surface area contributed by atoms with Crippen LogP contribution in [0.1, 0.15) is 39.8 Å². The van der Waals surface area contributed by atoms with Crippen LogP contribution in [0.3, 0.4) is 0 Å². The molecule has 0 nitrogen and oxygen atoms in total. The molecule has 0 aliphatic carbocycles. The lowest BCUT2D eigenvalue weighted by atomic mass is 9.94. The Balaban J connectivity index is 1.38. The fraction of sp³-hybridized carbons (Fsp3) is 0.226. The first-order valence-electron chi connectivity index (χ1n) is 11.4. The number of rotatable bonds is 6. The summed E-state index contributed by atoms with van der Waals surface area (Å²) < 4.78 is 14.2. The van der Waals surface area contributed by atoms with Gasteiger partial charge in [-0.2, -0.15) is 0 Å². The number of aryl methyl sites for hydroxylation is 5. The normalized spacial score (nSPS) is 11.0. The van der Waals surface area contributed by atoms with Gasteiger partial charge in [-0.3, -0.25) is 0 Å². The second kappa shape index (κ2) is 9.53. The molecule has 0 heterocycles. The van der Waals surface area contributed by atoms with Crippen LogP contribution in [0, 0.1) is 33.5 Å². The summed E-state index contributed by atoms with van der Waals surface area (Å²) in [4.78, 5) is 0. The molecule has 4 aromatic rings. The lowest BCUT2D eigenvalue weighted by Gasteiger charge is -2.12. The van der Waals surface area contributed by atoms with E-state index in [0.717, 1.165) is 41.5 Å². The molecule has 0 N–H and O–H groups in total. The molecular weight excluding hydrogens is 391 g/mol. The Morgan fingerprint density at radius 3 is 1.78 bits per heavy atom. The van der Waals surface area contributed by atoms with Gasteiger partial charge in [-0.25, -0.2) is 4.39 Å². The lowest BCUT2D eigenvalue weighted by molar-refractivity contribution is 0.617. The van der Waals surface area contributed by atoms with Gasteiger partial charge in [0.25, 0.3) is 0 Å². The average molecular weight is 423 g/mol. The maximum Gasteiger partial charge on any atom is 0.126 e. The van der Waals surface area contributed by atoms with Gasteiger partial charge in [0.05, 0.1) is 0 Å². The third-order valence-electron chi connectivity index (χ3n) is 6.48. The van der Waals surface area contributed by atoms with Crippen LogP contribution in [0.4, 0.5) is 4.39 Å². The molecule has 0 aromatic heterocycles. The molecule has 0 fully saturated rings. The number of benzene rings is 4. The van der Waals surface area contributed by atoms with Crippen LogP contribution in [-0.2, 0) is 12.8 Å². The van der Waals surface area contributed by atoms with Gasteiger partial charge in [0.1, 0.15) is 5.82 Å². The lowest BCUT2D eigenvalue weighted by Crippen LogP contribution is -1.94. The Kier molecular flexibility index (Phi) is 6.55. The summed E-state index contributed by atoms with van der Waals surface area (Å²) in [6, 6.07) is 28.0. The first-order valence-corrected chi connectivity index (χ1v) is 11.4. The molecule has 0 unspecified atom stereocenters. The number of halogens is 1. The van der Waals surface area contributed by atoms with Crippen molar-refractivity contribution in [1.29, 1.82) is 0 Å². The number of hydrogen-bond acceptors (Lipinski definition) is 0. The zero-order valence-electron chi connectivity index (χ0n) is 19.5. The van der Waals surface area contributed by atoms with Crippen LogP contribution in [-0.4, -0.2) is 0 Å². The largest absolute Gasteiger partial charge is 0.207 e. The van der Waals surface area contributed by atoms with E-state index in [2.05, 4.69) is 86.6 Å². The molecule has 0 radical (unpaired) electrons. The van der Waals surface area contributed by atoms with Gasteiger partial charge in [-0.15, -0.1) is 0 Å². The van der Waals surface area contributed by atoms with Crippen molar-refractivity contribution in [3.05, 3.63) is 118 Å². The molecule has 0 saturated carbocycles. The minimum atomic E-state index is -0.128. The second-order valence-corrected chi connectivity index (χ2v) is 8.97. The summed E-state index contributed by atoms with van der Waals surface area (Å²) in [6.07, 6.45) is 3.22. The van der Waals surface area contributed by atoms with Crippen LogP contribution in [0.15, 0.2) is 78.9 Å². The highest BCUT2D eigenvalue weighted by Gasteiger charge is 2.09. The van der Waals surface area contributed by atoms with Gasteiger partial charge in [-0.1, -0.05) is 78.4 Å². The first-order chi connectivity index (χ1) is 15.4. The van der Waals surface area contributed by atoms with E-state index in [0.29, 0.717) is 0 Å². The summed E-state index contributed by atoms with van der Waals surface area (Å²) in [6.45, 7) is 8.04. The van der Waals surface area contributed by atoms with Gasteiger partial charge < -0.3 is 0 Å². The van der Waals surface area contributed by atoms with Crippen LogP contribution in [0.25, 0.3) is 22.3 Å². The van der Waals surface area contributed by atoms with E-state index in [1.807, 2.05) is 13.8 Å². The van der Waals surface area contributed by atoms with E-state index in [1.165, 1.54) is 33.4 Å². The maximum absolute atomic E-state index is 14.2. The molecule has 0 bridgehead atoms. The van der Waals surface area contributed by atoms with Crippen LogP contribution in [0.2, 0.25) is 0 Å². The fourth-order valence-electron chi connectivity index (χ4n) is 4.28. The highest BCUT2D eigenvalue weighted by molar-refractivity contribution is 5.69. The van der Waals surface area contributed by atoms with Crippen molar-refractivity contribution in [3.8, 4) is 22.3 Å². The van der Waals surface area contributed by atoms with Crippen LogP contribution in [0.5, 0.6) is 0 Å². The van der Waals surface area contributed by atoms with E-state index < -0.39 is 0 Å². The quantitative estimate of drug-likeness (QED) is 0.292. The van der Waals surface area contributed by atoms with Crippen molar-refractivity contribution in [3.63, 3.8) is 0 Å². The fourth-order valence-corrected chi connectivity index (χ4v) is 4.28. The Labute approximate surface area is 191 Å². The number of hydrogen-bond donors (Lipinski definition) is 0. The first kappa shape index (κ1) is 22.0. The van der Waals surface area contributed by atoms with Crippen LogP contribution < -0.4 is 0 Å². The SMILES string of the molecule is Cc1ccc(-c2ccc(CCCc3ccc(-c4cc(C)c(C)c(F)c4)c(C)c3)cc2)cc1. The summed E-state index contributed by atoms with van der Waals surface area (Å²) in [5.41, 5.74) is 11.5. The average Bonchev–Trinajstić information content (AvgIpc) is 2.78. The van der Waals surface area contributed by atoms with Crippen molar-refractivity contribution < 1.29 is 4.39 Å². The van der Waals surface area contributed by atoms with Gasteiger partial charge in [0, 0.05) is 0 Å². The molecule has 0 aliphatic rings. The second-order valence-electron chi connectivity index (χ2n) is 8.97. The van der Waals surface area contributed by atoms with E-state index >= 15 is 0 Å². The molecule has 1 heteroatoms. The van der Waals surface area contributed by atoms with Crippen LogP contribution >= 0.6 is 0 Å². The molecule has 162 valence electrons. The Hall–Kier alpha value is -3.19. The molecule has 0 saturated heterocycles.